The van der Waals surface area contributed by atoms with Crippen molar-refractivity contribution in [1.82, 2.24) is 0 Å². The highest BCUT2D eigenvalue weighted by molar-refractivity contribution is 6.39. The van der Waals surface area contributed by atoms with Gasteiger partial charge in [0.2, 0.25) is 0 Å². The molecule has 2 rings (SSSR count). The van der Waals surface area contributed by atoms with E-state index < -0.39 is 0 Å². The predicted octanol–water partition coefficient (Wildman–Crippen LogP) is 4.36. The third-order valence-corrected chi connectivity index (χ3v) is 4.87. The van der Waals surface area contributed by atoms with E-state index in [4.69, 9.17) is 16.8 Å². The van der Waals surface area contributed by atoms with Crippen LogP contribution in [0.2, 0.25) is 0 Å². The molecule has 17 heavy (non-hydrogen) atoms. The number of oxime groups is 1. The fourth-order valence-corrected chi connectivity index (χ4v) is 3.77. The van der Waals surface area contributed by atoms with Gasteiger partial charge < -0.3 is 5.21 Å². The molecule has 0 bridgehead atoms. The van der Waals surface area contributed by atoms with Gasteiger partial charge in [0, 0.05) is 11.8 Å². The van der Waals surface area contributed by atoms with Gasteiger partial charge in [-0.15, -0.1) is 11.6 Å². The van der Waals surface area contributed by atoms with Crippen LogP contribution in [0, 0.1) is 11.8 Å². The number of fused-ring (bicyclic) bond motifs is 1. The van der Waals surface area contributed by atoms with Gasteiger partial charge in [0.25, 0.3) is 0 Å². The molecular formula is C14H22ClNO. The molecule has 2 aliphatic carbocycles. The maximum Gasteiger partial charge on any atom is 0.0934 e. The number of nitrogens with zero attached hydrogens (tertiary/aromatic N) is 1. The van der Waals surface area contributed by atoms with Gasteiger partial charge in [0.05, 0.1) is 10.6 Å². The van der Waals surface area contributed by atoms with Crippen LogP contribution in [-0.4, -0.2) is 15.8 Å². The minimum atomic E-state index is -0.362. The lowest BCUT2D eigenvalue weighted by Crippen LogP contribution is -2.60. The lowest BCUT2D eigenvalue weighted by Gasteiger charge is -2.52. The molecule has 0 aromatic rings. The normalized spacial score (nSPS) is 37.9. The van der Waals surface area contributed by atoms with Crippen LogP contribution in [0.15, 0.2) is 17.3 Å². The molecule has 0 aromatic heterocycles. The van der Waals surface area contributed by atoms with E-state index in [2.05, 4.69) is 24.2 Å². The number of rotatable bonds is 5. The van der Waals surface area contributed by atoms with E-state index in [1.807, 2.05) is 0 Å². The molecule has 0 heterocycles. The van der Waals surface area contributed by atoms with Crippen molar-refractivity contribution in [2.24, 2.45) is 17.0 Å². The standard InChI is InChI=1S/C14H22ClNO/c1-2-3-4-5-8-11-12-9-6-7-10-14(12,15)13(11)16-17/h6,9,11-12,17H,2-5,7-8,10H2,1H3. The molecule has 0 aliphatic heterocycles. The van der Waals surface area contributed by atoms with Crippen LogP contribution in [0.4, 0.5) is 0 Å². The van der Waals surface area contributed by atoms with Crippen molar-refractivity contribution in [3.05, 3.63) is 12.2 Å². The van der Waals surface area contributed by atoms with Gasteiger partial charge in [-0.3, -0.25) is 0 Å². The Morgan fingerprint density at radius 1 is 1.47 bits per heavy atom. The Kier molecular flexibility index (Phi) is 4.13. The van der Waals surface area contributed by atoms with E-state index in [0.717, 1.165) is 25.0 Å². The van der Waals surface area contributed by atoms with Crippen LogP contribution in [0.25, 0.3) is 0 Å². The molecule has 0 saturated heterocycles. The van der Waals surface area contributed by atoms with Crippen molar-refractivity contribution < 1.29 is 5.21 Å². The minimum Gasteiger partial charge on any atom is -0.411 e. The Labute approximate surface area is 109 Å². The van der Waals surface area contributed by atoms with E-state index in [-0.39, 0.29) is 4.87 Å². The number of allylic oxidation sites excluding steroid dienone is 2. The van der Waals surface area contributed by atoms with Crippen molar-refractivity contribution in [2.75, 3.05) is 0 Å². The van der Waals surface area contributed by atoms with Crippen LogP contribution in [-0.2, 0) is 0 Å². The molecule has 3 unspecified atom stereocenters. The van der Waals surface area contributed by atoms with E-state index in [9.17, 15) is 0 Å². The van der Waals surface area contributed by atoms with Gasteiger partial charge in [-0.2, -0.15) is 0 Å². The molecular weight excluding hydrogens is 234 g/mol. The predicted molar refractivity (Wildman–Crippen MR) is 71.9 cm³/mol. The number of alkyl halides is 1. The second-order valence-corrected chi connectivity index (χ2v) is 5.97. The van der Waals surface area contributed by atoms with Crippen LogP contribution in [0.5, 0.6) is 0 Å². The summed E-state index contributed by atoms with van der Waals surface area (Å²) in [5.41, 5.74) is 0.838. The van der Waals surface area contributed by atoms with Gasteiger partial charge in [-0.05, 0) is 19.3 Å². The largest absolute Gasteiger partial charge is 0.411 e. The topological polar surface area (TPSA) is 32.6 Å². The van der Waals surface area contributed by atoms with Crippen LogP contribution < -0.4 is 0 Å². The molecule has 1 N–H and O–H groups in total. The monoisotopic (exact) mass is 255 g/mol. The van der Waals surface area contributed by atoms with Gasteiger partial charge in [-0.25, -0.2) is 0 Å². The molecule has 0 aromatic carbocycles. The van der Waals surface area contributed by atoms with E-state index in [1.165, 1.54) is 25.7 Å². The molecule has 3 heteroatoms. The van der Waals surface area contributed by atoms with Gasteiger partial charge >= 0.3 is 0 Å². The highest BCUT2D eigenvalue weighted by Gasteiger charge is 2.58. The molecule has 0 amide bonds. The van der Waals surface area contributed by atoms with Gasteiger partial charge in [-0.1, -0.05) is 49.9 Å². The number of halogens is 1. The Balaban J connectivity index is 1.94. The molecule has 1 fully saturated rings. The Bertz CT molecular complexity index is 326. The van der Waals surface area contributed by atoms with Crippen molar-refractivity contribution in [2.45, 2.75) is 56.7 Å². The van der Waals surface area contributed by atoms with Crippen LogP contribution in [0.1, 0.15) is 51.9 Å². The quantitative estimate of drug-likeness (QED) is 0.256. The first kappa shape index (κ1) is 12.9. The Morgan fingerprint density at radius 2 is 2.29 bits per heavy atom. The maximum absolute atomic E-state index is 9.14. The zero-order chi connectivity index (χ0) is 12.3. The average molecular weight is 256 g/mol. The lowest BCUT2D eigenvalue weighted by molar-refractivity contribution is 0.250. The van der Waals surface area contributed by atoms with Crippen molar-refractivity contribution in [1.29, 1.82) is 0 Å². The Hall–Kier alpha value is -0.500. The summed E-state index contributed by atoms with van der Waals surface area (Å²) in [6, 6.07) is 0. The summed E-state index contributed by atoms with van der Waals surface area (Å²) in [5.74, 6) is 0.774. The first-order valence-electron chi connectivity index (χ1n) is 6.82. The fraction of sp³-hybridized carbons (Fsp3) is 0.786. The fourth-order valence-electron chi connectivity index (χ4n) is 3.25. The molecule has 2 aliphatic rings. The smallest absolute Gasteiger partial charge is 0.0934 e. The highest BCUT2D eigenvalue weighted by Crippen LogP contribution is 2.53. The summed E-state index contributed by atoms with van der Waals surface area (Å²) in [5, 5.41) is 12.6. The van der Waals surface area contributed by atoms with E-state index in [0.29, 0.717) is 11.8 Å². The molecule has 96 valence electrons. The highest BCUT2D eigenvalue weighted by atomic mass is 35.5. The number of unbranched alkanes of at least 4 members (excludes halogenated alkanes) is 3. The second kappa shape index (κ2) is 5.43. The maximum atomic E-state index is 9.14. The second-order valence-electron chi connectivity index (χ2n) is 5.30. The Morgan fingerprint density at radius 3 is 3.00 bits per heavy atom. The summed E-state index contributed by atoms with van der Waals surface area (Å²) in [4.78, 5) is -0.362. The van der Waals surface area contributed by atoms with Gasteiger partial charge in [0.1, 0.15) is 0 Å². The van der Waals surface area contributed by atoms with Crippen molar-refractivity contribution in [3.8, 4) is 0 Å². The molecule has 3 atom stereocenters. The van der Waals surface area contributed by atoms with Crippen LogP contribution in [0.3, 0.4) is 0 Å². The third kappa shape index (κ3) is 2.24. The summed E-state index contributed by atoms with van der Waals surface area (Å²) >= 11 is 6.57. The summed E-state index contributed by atoms with van der Waals surface area (Å²) in [6.07, 6.45) is 12.5. The van der Waals surface area contributed by atoms with Crippen molar-refractivity contribution >= 4 is 17.3 Å². The zero-order valence-corrected chi connectivity index (χ0v) is 11.3. The molecule has 1 saturated carbocycles. The number of hydrogen-bond donors (Lipinski definition) is 1. The molecule has 2 nitrogen and oxygen atoms in total. The van der Waals surface area contributed by atoms with E-state index in [1.54, 1.807) is 0 Å². The summed E-state index contributed by atoms with van der Waals surface area (Å²) < 4.78 is 0. The third-order valence-electron chi connectivity index (χ3n) is 4.23. The summed E-state index contributed by atoms with van der Waals surface area (Å²) in [7, 11) is 0. The average Bonchev–Trinajstić information content (AvgIpc) is 2.32. The van der Waals surface area contributed by atoms with Gasteiger partial charge in [0.15, 0.2) is 0 Å². The number of hydrogen-bond acceptors (Lipinski definition) is 2. The lowest BCUT2D eigenvalue weighted by atomic mass is 9.57. The molecule has 0 spiro atoms. The first-order chi connectivity index (χ1) is 8.24. The van der Waals surface area contributed by atoms with Crippen LogP contribution >= 0.6 is 11.6 Å². The molecule has 0 radical (unpaired) electrons. The SMILES string of the molecule is CCCCCCC1C(=NO)C2(Cl)CCC=CC12. The van der Waals surface area contributed by atoms with E-state index >= 15 is 0 Å². The first-order valence-corrected chi connectivity index (χ1v) is 7.20. The zero-order valence-electron chi connectivity index (χ0n) is 10.5. The minimum absolute atomic E-state index is 0.362. The summed E-state index contributed by atoms with van der Waals surface area (Å²) in [6.45, 7) is 2.22. The van der Waals surface area contributed by atoms with Crippen molar-refractivity contribution in [3.63, 3.8) is 0 Å².